The Labute approximate surface area is 242 Å². The Kier molecular flexibility index (Phi) is 10.4. The number of carbonyl (C=O) groups excluding carboxylic acids is 1. The number of ether oxygens (including phenoxy) is 1. The largest absolute Gasteiger partial charge is 0.457 e. The standard InChI is InChI=1S/C31H39FN4O4S/c1-4-22(2)30(31(37)34-25-9-7-24(32)8-10-25)33-26-17-19-36(20-18-26)21-23-5-13-28(14-6-23)40-29-15-11-27(12-16-29)35-41(3,38)39/h5-16,22,26,30,33,35H,4,17-21H2,1-3H3,(H,34,37)/t22-,30?/m0/s1. The Balaban J connectivity index is 1.25. The third-order valence-electron chi connectivity index (χ3n) is 7.33. The molecule has 1 amide bonds. The molecule has 0 radical (unpaired) electrons. The number of carbonyl (C=O) groups is 1. The van der Waals surface area contributed by atoms with E-state index in [-0.39, 0.29) is 29.7 Å². The predicted octanol–water partition coefficient (Wildman–Crippen LogP) is 5.60. The highest BCUT2D eigenvalue weighted by atomic mass is 32.2. The summed E-state index contributed by atoms with van der Waals surface area (Å²) in [5.74, 6) is 1.07. The van der Waals surface area contributed by atoms with Gasteiger partial charge in [-0.15, -0.1) is 0 Å². The quantitative estimate of drug-likeness (QED) is 0.257. The van der Waals surface area contributed by atoms with Crippen LogP contribution < -0.4 is 20.1 Å². The second-order valence-corrected chi connectivity index (χ2v) is 12.5. The maximum Gasteiger partial charge on any atom is 0.241 e. The number of benzene rings is 3. The van der Waals surface area contributed by atoms with Gasteiger partial charge in [-0.1, -0.05) is 32.4 Å². The number of anilines is 2. The Morgan fingerprint density at radius 2 is 1.51 bits per heavy atom. The van der Waals surface area contributed by atoms with E-state index in [1.165, 1.54) is 17.7 Å². The molecule has 4 rings (SSSR count). The predicted molar refractivity (Wildman–Crippen MR) is 161 cm³/mol. The van der Waals surface area contributed by atoms with E-state index in [1.54, 1.807) is 36.4 Å². The summed E-state index contributed by atoms with van der Waals surface area (Å²) in [6, 6.07) is 20.5. The molecule has 3 aromatic carbocycles. The van der Waals surface area contributed by atoms with Crippen molar-refractivity contribution >= 4 is 27.3 Å². The zero-order chi connectivity index (χ0) is 29.4. The zero-order valence-corrected chi connectivity index (χ0v) is 24.6. The van der Waals surface area contributed by atoms with Gasteiger partial charge in [0.15, 0.2) is 0 Å². The molecule has 3 N–H and O–H groups in total. The summed E-state index contributed by atoms with van der Waals surface area (Å²) in [4.78, 5) is 15.5. The molecule has 1 unspecified atom stereocenters. The van der Waals surface area contributed by atoms with Gasteiger partial charge in [0.05, 0.1) is 12.3 Å². The SMILES string of the molecule is CC[C@H](C)C(NC1CCN(Cc2ccc(Oc3ccc(NS(C)(=O)=O)cc3)cc2)CC1)C(=O)Nc1ccc(F)cc1. The molecular formula is C31H39FN4O4S. The maximum atomic E-state index is 13.2. The van der Waals surface area contributed by atoms with Gasteiger partial charge < -0.3 is 15.4 Å². The lowest BCUT2D eigenvalue weighted by atomic mass is 9.95. The van der Waals surface area contributed by atoms with Gasteiger partial charge in [0.1, 0.15) is 17.3 Å². The van der Waals surface area contributed by atoms with Crippen LogP contribution in [0, 0.1) is 11.7 Å². The summed E-state index contributed by atoms with van der Waals surface area (Å²) in [6.45, 7) is 6.85. The van der Waals surface area contributed by atoms with Crippen LogP contribution >= 0.6 is 0 Å². The molecule has 1 fully saturated rings. The minimum Gasteiger partial charge on any atom is -0.457 e. The van der Waals surface area contributed by atoms with Gasteiger partial charge in [-0.05, 0) is 98.1 Å². The molecule has 0 aliphatic carbocycles. The third kappa shape index (κ3) is 9.55. The summed E-state index contributed by atoms with van der Waals surface area (Å²) >= 11 is 0. The molecule has 8 nitrogen and oxygen atoms in total. The normalized spacial score (nSPS) is 16.1. The molecule has 1 aliphatic heterocycles. The molecule has 0 spiro atoms. The Morgan fingerprint density at radius 3 is 2.07 bits per heavy atom. The van der Waals surface area contributed by atoms with Crippen molar-refractivity contribution in [2.24, 2.45) is 5.92 Å². The highest BCUT2D eigenvalue weighted by Gasteiger charge is 2.29. The second-order valence-electron chi connectivity index (χ2n) is 10.7. The first-order valence-corrected chi connectivity index (χ1v) is 15.9. The molecular weight excluding hydrogens is 543 g/mol. The van der Waals surface area contributed by atoms with Gasteiger partial charge in [-0.2, -0.15) is 0 Å². The van der Waals surface area contributed by atoms with E-state index in [9.17, 15) is 17.6 Å². The number of halogens is 1. The maximum absolute atomic E-state index is 13.2. The van der Waals surface area contributed by atoms with Crippen molar-refractivity contribution in [3.8, 4) is 11.5 Å². The fraction of sp³-hybridized carbons (Fsp3) is 0.387. The first-order chi connectivity index (χ1) is 19.6. The lowest BCUT2D eigenvalue weighted by Gasteiger charge is -2.35. The van der Waals surface area contributed by atoms with Crippen LogP contribution in [0.25, 0.3) is 0 Å². The Hall–Kier alpha value is -3.47. The minimum atomic E-state index is -3.32. The number of hydrogen-bond acceptors (Lipinski definition) is 6. The molecule has 1 aliphatic rings. The van der Waals surface area contributed by atoms with Gasteiger partial charge >= 0.3 is 0 Å². The van der Waals surface area contributed by atoms with E-state index < -0.39 is 10.0 Å². The Morgan fingerprint density at radius 1 is 0.951 bits per heavy atom. The van der Waals surface area contributed by atoms with Crippen LogP contribution in [0.2, 0.25) is 0 Å². The van der Waals surface area contributed by atoms with E-state index >= 15 is 0 Å². The summed E-state index contributed by atoms with van der Waals surface area (Å²) in [5.41, 5.74) is 2.27. The number of hydrogen-bond donors (Lipinski definition) is 3. The molecule has 0 bridgehead atoms. The average Bonchev–Trinajstić information content (AvgIpc) is 2.94. The summed E-state index contributed by atoms with van der Waals surface area (Å²) in [7, 11) is -3.32. The smallest absolute Gasteiger partial charge is 0.241 e. The molecule has 0 aromatic heterocycles. The van der Waals surface area contributed by atoms with Crippen molar-refractivity contribution in [1.82, 2.24) is 10.2 Å². The number of nitrogens with zero attached hydrogens (tertiary/aromatic N) is 1. The summed E-state index contributed by atoms with van der Waals surface area (Å²) in [5, 5.41) is 6.54. The molecule has 3 aromatic rings. The number of sulfonamides is 1. The number of likely N-dealkylation sites (tertiary alicyclic amines) is 1. The van der Waals surface area contributed by atoms with Crippen LogP contribution in [0.5, 0.6) is 11.5 Å². The van der Waals surface area contributed by atoms with Gasteiger partial charge in [0, 0.05) is 24.0 Å². The first kappa shape index (κ1) is 30.5. The zero-order valence-electron chi connectivity index (χ0n) is 23.8. The van der Waals surface area contributed by atoms with E-state index in [1.807, 2.05) is 12.1 Å². The fourth-order valence-corrected chi connectivity index (χ4v) is 5.43. The van der Waals surface area contributed by atoms with Crippen molar-refractivity contribution in [3.63, 3.8) is 0 Å². The molecule has 10 heteroatoms. The molecule has 1 saturated heterocycles. The van der Waals surface area contributed by atoms with Crippen molar-refractivity contribution < 1.29 is 22.3 Å². The second kappa shape index (κ2) is 13.9. The molecule has 41 heavy (non-hydrogen) atoms. The number of piperidine rings is 1. The van der Waals surface area contributed by atoms with E-state index in [0.29, 0.717) is 22.9 Å². The summed E-state index contributed by atoms with van der Waals surface area (Å²) in [6.07, 6.45) is 3.88. The molecule has 2 atom stereocenters. The summed E-state index contributed by atoms with van der Waals surface area (Å²) < 4.78 is 44.3. The minimum absolute atomic E-state index is 0.0859. The number of amides is 1. The van der Waals surface area contributed by atoms with Crippen LogP contribution in [-0.2, 0) is 21.4 Å². The first-order valence-electron chi connectivity index (χ1n) is 14.0. The number of nitrogens with one attached hydrogen (secondary N) is 3. The van der Waals surface area contributed by atoms with Gasteiger partial charge in [0.2, 0.25) is 15.9 Å². The van der Waals surface area contributed by atoms with Gasteiger partial charge in [-0.3, -0.25) is 14.4 Å². The van der Waals surface area contributed by atoms with Crippen molar-refractivity contribution in [3.05, 3.63) is 84.2 Å². The van der Waals surface area contributed by atoms with E-state index in [0.717, 1.165) is 45.2 Å². The highest BCUT2D eigenvalue weighted by molar-refractivity contribution is 7.92. The van der Waals surface area contributed by atoms with Crippen molar-refractivity contribution in [2.45, 2.75) is 51.7 Å². The highest BCUT2D eigenvalue weighted by Crippen LogP contribution is 2.25. The molecule has 1 heterocycles. The van der Waals surface area contributed by atoms with E-state index in [2.05, 4.69) is 46.2 Å². The van der Waals surface area contributed by atoms with E-state index in [4.69, 9.17) is 4.74 Å². The van der Waals surface area contributed by atoms with Crippen LogP contribution in [0.1, 0.15) is 38.7 Å². The van der Waals surface area contributed by atoms with Gasteiger partial charge in [0.25, 0.3) is 0 Å². The molecule has 0 saturated carbocycles. The third-order valence-corrected chi connectivity index (χ3v) is 7.94. The van der Waals surface area contributed by atoms with Crippen molar-refractivity contribution in [2.75, 3.05) is 29.4 Å². The monoisotopic (exact) mass is 582 g/mol. The van der Waals surface area contributed by atoms with Gasteiger partial charge in [-0.25, -0.2) is 12.8 Å². The van der Waals surface area contributed by atoms with Crippen LogP contribution in [0.3, 0.4) is 0 Å². The fourth-order valence-electron chi connectivity index (χ4n) is 4.86. The van der Waals surface area contributed by atoms with Crippen LogP contribution in [0.4, 0.5) is 15.8 Å². The lowest BCUT2D eigenvalue weighted by Crippen LogP contribution is -2.52. The molecule has 220 valence electrons. The topological polar surface area (TPSA) is 99.8 Å². The van der Waals surface area contributed by atoms with Crippen molar-refractivity contribution in [1.29, 1.82) is 0 Å². The lowest BCUT2D eigenvalue weighted by molar-refractivity contribution is -0.119. The average molecular weight is 583 g/mol. The Bertz CT molecular complexity index is 1380. The van der Waals surface area contributed by atoms with Crippen LogP contribution in [-0.4, -0.2) is 50.7 Å². The number of rotatable bonds is 12. The van der Waals surface area contributed by atoms with Crippen LogP contribution in [0.15, 0.2) is 72.8 Å².